The number of hydrogen-bond acceptors (Lipinski definition) is 5. The number of hydrogen-bond donors (Lipinski definition) is 2. The minimum absolute atomic E-state index is 0.0310. The molecular formula is C12H24O5. The van der Waals surface area contributed by atoms with Crippen molar-refractivity contribution in [2.75, 3.05) is 6.61 Å². The van der Waals surface area contributed by atoms with E-state index in [4.69, 9.17) is 14.2 Å². The van der Waals surface area contributed by atoms with Gasteiger partial charge in [0.05, 0.1) is 24.9 Å². The third-order valence-electron chi connectivity index (χ3n) is 2.54. The summed E-state index contributed by atoms with van der Waals surface area (Å²) < 4.78 is 16.6. The van der Waals surface area contributed by atoms with E-state index in [0.717, 1.165) is 0 Å². The Morgan fingerprint density at radius 3 is 2.24 bits per heavy atom. The van der Waals surface area contributed by atoms with Crippen molar-refractivity contribution in [3.05, 3.63) is 0 Å². The van der Waals surface area contributed by atoms with Gasteiger partial charge in [-0.15, -0.1) is 0 Å². The minimum atomic E-state index is -0.719. The fourth-order valence-corrected chi connectivity index (χ4v) is 1.90. The molecule has 17 heavy (non-hydrogen) atoms. The predicted molar refractivity (Wildman–Crippen MR) is 62.6 cm³/mol. The lowest BCUT2D eigenvalue weighted by Gasteiger charge is -2.39. The van der Waals surface area contributed by atoms with E-state index in [9.17, 15) is 10.2 Å². The van der Waals surface area contributed by atoms with Gasteiger partial charge in [0, 0.05) is 6.42 Å². The molecule has 4 atom stereocenters. The van der Waals surface area contributed by atoms with Crippen molar-refractivity contribution in [3.63, 3.8) is 0 Å². The molecule has 1 rings (SSSR count). The lowest BCUT2D eigenvalue weighted by molar-refractivity contribution is -0.288. The summed E-state index contributed by atoms with van der Waals surface area (Å²) in [5.74, 6) is 0. The van der Waals surface area contributed by atoms with Crippen LogP contribution < -0.4 is 0 Å². The Labute approximate surface area is 103 Å². The molecule has 1 saturated heterocycles. The van der Waals surface area contributed by atoms with E-state index >= 15 is 0 Å². The van der Waals surface area contributed by atoms with E-state index in [1.54, 1.807) is 0 Å². The Morgan fingerprint density at radius 2 is 1.76 bits per heavy atom. The first-order valence-corrected chi connectivity index (χ1v) is 6.19. The summed E-state index contributed by atoms with van der Waals surface area (Å²) in [6, 6.07) is 0. The average Bonchev–Trinajstić information content (AvgIpc) is 2.20. The molecule has 0 aliphatic carbocycles. The van der Waals surface area contributed by atoms with Gasteiger partial charge in [-0.05, 0) is 27.7 Å². The molecule has 5 heteroatoms. The van der Waals surface area contributed by atoms with Crippen molar-refractivity contribution >= 4 is 0 Å². The summed E-state index contributed by atoms with van der Waals surface area (Å²) in [6.07, 6.45) is -1.71. The Balaban J connectivity index is 2.58. The maximum Gasteiger partial charge on any atom is 0.184 e. The van der Waals surface area contributed by atoms with Crippen LogP contribution in [0.1, 0.15) is 34.1 Å². The molecule has 0 aromatic heterocycles. The molecule has 1 aliphatic heterocycles. The molecule has 0 saturated carbocycles. The second kappa shape index (κ2) is 6.66. The monoisotopic (exact) mass is 248 g/mol. The molecule has 4 unspecified atom stereocenters. The van der Waals surface area contributed by atoms with Crippen molar-refractivity contribution in [2.45, 2.75) is 70.9 Å². The summed E-state index contributed by atoms with van der Waals surface area (Å²) >= 11 is 0. The van der Waals surface area contributed by atoms with E-state index in [1.807, 2.05) is 27.7 Å². The Hall–Kier alpha value is -0.200. The third kappa shape index (κ3) is 4.52. The molecule has 0 bridgehead atoms. The molecule has 1 heterocycles. The van der Waals surface area contributed by atoms with Crippen LogP contribution in [0.2, 0.25) is 0 Å². The molecule has 5 nitrogen and oxygen atoms in total. The van der Waals surface area contributed by atoms with Crippen molar-refractivity contribution in [1.29, 1.82) is 0 Å². The van der Waals surface area contributed by atoms with Gasteiger partial charge < -0.3 is 24.4 Å². The highest BCUT2D eigenvalue weighted by Gasteiger charge is 2.38. The maximum absolute atomic E-state index is 9.90. The van der Waals surface area contributed by atoms with Crippen molar-refractivity contribution in [3.8, 4) is 0 Å². The second-order valence-electron chi connectivity index (χ2n) is 4.94. The normalized spacial score (nSPS) is 34.6. The Bertz CT molecular complexity index is 219. The third-order valence-corrected chi connectivity index (χ3v) is 2.54. The van der Waals surface area contributed by atoms with Crippen LogP contribution in [-0.2, 0) is 14.2 Å². The first-order valence-electron chi connectivity index (χ1n) is 6.19. The highest BCUT2D eigenvalue weighted by Crippen LogP contribution is 2.25. The van der Waals surface area contributed by atoms with Crippen molar-refractivity contribution < 1.29 is 24.4 Å². The van der Waals surface area contributed by atoms with Gasteiger partial charge in [0.1, 0.15) is 12.2 Å². The van der Waals surface area contributed by atoms with E-state index in [1.165, 1.54) is 0 Å². The van der Waals surface area contributed by atoms with E-state index in [-0.39, 0.29) is 24.9 Å². The molecular weight excluding hydrogens is 224 g/mol. The Kier molecular flexibility index (Phi) is 5.82. The molecule has 1 aliphatic rings. The standard InChI is InChI=1S/C12H24O5/c1-7(2)15-10-5-9(14)12(16-8(3)4)17-11(10)6-13/h7-14H,5-6H2,1-4H3. The van der Waals surface area contributed by atoms with Gasteiger partial charge in [0.2, 0.25) is 0 Å². The summed E-state index contributed by atoms with van der Waals surface area (Å²) in [6.45, 7) is 7.44. The second-order valence-corrected chi connectivity index (χ2v) is 4.94. The minimum Gasteiger partial charge on any atom is -0.394 e. The molecule has 102 valence electrons. The van der Waals surface area contributed by atoms with E-state index < -0.39 is 18.5 Å². The van der Waals surface area contributed by atoms with Crippen LogP contribution in [0.3, 0.4) is 0 Å². The van der Waals surface area contributed by atoms with Crippen molar-refractivity contribution in [1.82, 2.24) is 0 Å². The summed E-state index contributed by atoms with van der Waals surface area (Å²) in [5.41, 5.74) is 0. The fourth-order valence-electron chi connectivity index (χ4n) is 1.90. The molecule has 0 spiro atoms. The number of aliphatic hydroxyl groups excluding tert-OH is 2. The quantitative estimate of drug-likeness (QED) is 0.748. The van der Waals surface area contributed by atoms with Gasteiger partial charge in [-0.3, -0.25) is 0 Å². The van der Waals surface area contributed by atoms with Crippen LogP contribution in [0.15, 0.2) is 0 Å². The van der Waals surface area contributed by atoms with Gasteiger partial charge in [0.15, 0.2) is 6.29 Å². The zero-order valence-electron chi connectivity index (χ0n) is 11.0. The van der Waals surface area contributed by atoms with Crippen LogP contribution in [0.25, 0.3) is 0 Å². The van der Waals surface area contributed by atoms with Crippen molar-refractivity contribution in [2.24, 2.45) is 0 Å². The average molecular weight is 248 g/mol. The zero-order valence-corrected chi connectivity index (χ0v) is 11.0. The molecule has 1 fully saturated rings. The number of rotatable bonds is 5. The zero-order chi connectivity index (χ0) is 13.0. The number of ether oxygens (including phenoxy) is 3. The molecule has 0 aromatic rings. The summed E-state index contributed by atoms with van der Waals surface area (Å²) in [7, 11) is 0. The summed E-state index contributed by atoms with van der Waals surface area (Å²) in [5, 5.41) is 19.2. The van der Waals surface area contributed by atoms with Gasteiger partial charge in [-0.1, -0.05) is 0 Å². The molecule has 0 radical (unpaired) electrons. The smallest absolute Gasteiger partial charge is 0.184 e. The molecule has 0 aromatic carbocycles. The van der Waals surface area contributed by atoms with Crippen LogP contribution in [-0.4, -0.2) is 53.6 Å². The first kappa shape index (κ1) is 14.9. The van der Waals surface area contributed by atoms with E-state index in [2.05, 4.69) is 0 Å². The van der Waals surface area contributed by atoms with Gasteiger partial charge in [-0.25, -0.2) is 0 Å². The highest BCUT2D eigenvalue weighted by molar-refractivity contribution is 4.82. The first-order chi connectivity index (χ1) is 7.93. The lowest BCUT2D eigenvalue weighted by Crippen LogP contribution is -2.51. The highest BCUT2D eigenvalue weighted by atomic mass is 16.7. The fraction of sp³-hybridized carbons (Fsp3) is 1.00. The summed E-state index contributed by atoms with van der Waals surface area (Å²) in [4.78, 5) is 0. The maximum atomic E-state index is 9.90. The van der Waals surface area contributed by atoms with Crippen LogP contribution in [0.5, 0.6) is 0 Å². The SMILES string of the molecule is CC(C)OC1CC(O)C(OC(C)C)OC1CO. The van der Waals surface area contributed by atoms with Gasteiger partial charge in [-0.2, -0.15) is 0 Å². The topological polar surface area (TPSA) is 68.2 Å². The number of aliphatic hydroxyl groups is 2. The Morgan fingerprint density at radius 1 is 1.18 bits per heavy atom. The van der Waals surface area contributed by atoms with E-state index in [0.29, 0.717) is 6.42 Å². The van der Waals surface area contributed by atoms with Gasteiger partial charge >= 0.3 is 0 Å². The molecule has 0 amide bonds. The largest absolute Gasteiger partial charge is 0.394 e. The molecule has 2 N–H and O–H groups in total. The van der Waals surface area contributed by atoms with Gasteiger partial charge in [0.25, 0.3) is 0 Å². The predicted octanol–water partition coefficient (Wildman–Crippen LogP) is 0.673. The van der Waals surface area contributed by atoms with Crippen LogP contribution in [0, 0.1) is 0 Å². The lowest BCUT2D eigenvalue weighted by atomic mass is 10.0. The van der Waals surface area contributed by atoms with Crippen LogP contribution >= 0.6 is 0 Å². The van der Waals surface area contributed by atoms with Crippen LogP contribution in [0.4, 0.5) is 0 Å².